The molecular weight excluding hydrogens is 132 g/mol. The van der Waals surface area contributed by atoms with Crippen molar-refractivity contribution in [2.75, 3.05) is 6.54 Å². The fourth-order valence-electron chi connectivity index (χ4n) is 0.602. The van der Waals surface area contributed by atoms with E-state index in [0.717, 1.165) is 0 Å². The Kier molecular flexibility index (Phi) is 1.99. The van der Waals surface area contributed by atoms with Gasteiger partial charge in [0.25, 0.3) is 0 Å². The molecule has 1 atom stereocenters. The van der Waals surface area contributed by atoms with Gasteiger partial charge in [0, 0.05) is 12.4 Å². The van der Waals surface area contributed by atoms with Crippen molar-refractivity contribution in [1.29, 1.82) is 5.41 Å². The quantitative estimate of drug-likeness (QED) is 0.314. The van der Waals surface area contributed by atoms with Gasteiger partial charge >= 0.3 is 0 Å². The molecule has 1 heterocycles. The van der Waals surface area contributed by atoms with Crippen LogP contribution in [0.4, 0.5) is 0 Å². The first kappa shape index (κ1) is 6.73. The van der Waals surface area contributed by atoms with E-state index in [-0.39, 0.29) is 5.84 Å². The molecule has 10 heavy (non-hydrogen) atoms. The summed E-state index contributed by atoms with van der Waals surface area (Å²) in [6, 6.07) is -0.550. The zero-order chi connectivity index (χ0) is 7.40. The Labute approximate surface area is 57.4 Å². The van der Waals surface area contributed by atoms with E-state index in [9.17, 15) is 4.91 Å². The lowest BCUT2D eigenvalue weighted by atomic mass is 10.3. The summed E-state index contributed by atoms with van der Waals surface area (Å²) in [6.45, 7) is 0.530. The van der Waals surface area contributed by atoms with Gasteiger partial charge in [-0.05, 0) is 5.18 Å². The van der Waals surface area contributed by atoms with E-state index in [1.807, 2.05) is 0 Å². The van der Waals surface area contributed by atoms with Gasteiger partial charge in [0.05, 0.1) is 6.54 Å². The predicted molar refractivity (Wildman–Crippen MR) is 39.2 cm³/mol. The number of hydrogen-bond acceptors (Lipinski definition) is 4. The summed E-state index contributed by atoms with van der Waals surface area (Å²) in [6.07, 6.45) is 3.01. The lowest BCUT2D eigenvalue weighted by Crippen LogP contribution is -2.20. The number of nitrogens with one attached hydrogen (secondary N) is 1. The summed E-state index contributed by atoms with van der Waals surface area (Å²) in [5.74, 6) is -0.292. The standard InChI is InChI=1S/C5H6N4O/c6-5(9-10)4-3-7-1-2-8-4/h2-4,6H,1H2/t4-/m1/s1. The molecule has 0 saturated carbocycles. The number of amidine groups is 1. The highest BCUT2D eigenvalue weighted by molar-refractivity contribution is 6.02. The number of hydrogen-bond donors (Lipinski definition) is 1. The average Bonchev–Trinajstić information content (AvgIpc) is 2.05. The van der Waals surface area contributed by atoms with Gasteiger partial charge < -0.3 is 0 Å². The molecule has 1 rings (SSSR count). The highest BCUT2D eigenvalue weighted by atomic mass is 16.3. The minimum Gasteiger partial charge on any atom is -0.289 e. The molecule has 0 spiro atoms. The monoisotopic (exact) mass is 138 g/mol. The number of nitroso groups, excluding NO2 is 1. The molecule has 1 aliphatic rings. The van der Waals surface area contributed by atoms with Gasteiger partial charge in [-0.25, -0.2) is 0 Å². The van der Waals surface area contributed by atoms with Gasteiger partial charge in [-0.15, -0.1) is 4.91 Å². The summed E-state index contributed by atoms with van der Waals surface area (Å²) in [7, 11) is 0. The van der Waals surface area contributed by atoms with Crippen LogP contribution in [0.1, 0.15) is 0 Å². The topological polar surface area (TPSA) is 78.0 Å². The molecule has 0 aromatic rings. The maximum atomic E-state index is 9.79. The van der Waals surface area contributed by atoms with E-state index in [0.29, 0.717) is 6.54 Å². The van der Waals surface area contributed by atoms with Crippen LogP contribution in [-0.2, 0) is 0 Å². The van der Waals surface area contributed by atoms with Crippen molar-refractivity contribution in [2.45, 2.75) is 6.04 Å². The molecule has 0 bridgehead atoms. The number of aliphatic imine (C=N–C) groups is 2. The lowest BCUT2D eigenvalue weighted by molar-refractivity contribution is 1.07. The van der Waals surface area contributed by atoms with E-state index in [1.54, 1.807) is 6.21 Å². The highest BCUT2D eigenvalue weighted by Gasteiger charge is 2.11. The van der Waals surface area contributed by atoms with Crippen LogP contribution in [0.5, 0.6) is 0 Å². The first-order valence-electron chi connectivity index (χ1n) is 2.78. The Hall–Kier alpha value is -1.39. The Morgan fingerprint density at radius 3 is 3.10 bits per heavy atom. The summed E-state index contributed by atoms with van der Waals surface area (Å²) < 4.78 is 0. The third kappa shape index (κ3) is 1.31. The maximum absolute atomic E-state index is 9.79. The highest BCUT2D eigenvalue weighted by Crippen LogP contribution is 1.94. The molecule has 0 amide bonds. The molecule has 0 aliphatic carbocycles. The normalized spacial score (nSPS) is 22.6. The third-order valence-corrected chi connectivity index (χ3v) is 1.08. The summed E-state index contributed by atoms with van der Waals surface area (Å²) >= 11 is 0. The largest absolute Gasteiger partial charge is 0.289 e. The fourth-order valence-corrected chi connectivity index (χ4v) is 0.602. The SMILES string of the molecule is N=C(N=O)[C@H]1C=NCC=N1. The zero-order valence-corrected chi connectivity index (χ0v) is 5.19. The van der Waals surface area contributed by atoms with Crippen LogP contribution in [0.15, 0.2) is 15.2 Å². The van der Waals surface area contributed by atoms with E-state index in [2.05, 4.69) is 15.2 Å². The van der Waals surface area contributed by atoms with Crippen LogP contribution in [0.2, 0.25) is 0 Å². The van der Waals surface area contributed by atoms with Crippen LogP contribution < -0.4 is 0 Å². The van der Waals surface area contributed by atoms with Gasteiger partial charge in [-0.1, -0.05) is 0 Å². The molecule has 5 heteroatoms. The molecule has 0 fully saturated rings. The van der Waals surface area contributed by atoms with Gasteiger partial charge in [0.15, 0.2) is 5.84 Å². The summed E-state index contributed by atoms with van der Waals surface area (Å²) in [4.78, 5) is 17.4. The van der Waals surface area contributed by atoms with Crippen molar-refractivity contribution in [1.82, 2.24) is 0 Å². The Morgan fingerprint density at radius 2 is 2.60 bits per heavy atom. The van der Waals surface area contributed by atoms with E-state index >= 15 is 0 Å². The maximum Gasteiger partial charge on any atom is 0.195 e. The predicted octanol–water partition coefficient (Wildman–Crippen LogP) is 0.254. The fraction of sp³-hybridized carbons (Fsp3) is 0.400. The smallest absolute Gasteiger partial charge is 0.195 e. The second kappa shape index (κ2) is 2.95. The third-order valence-electron chi connectivity index (χ3n) is 1.08. The molecule has 0 aromatic heterocycles. The van der Waals surface area contributed by atoms with Crippen molar-refractivity contribution >= 4 is 18.3 Å². The van der Waals surface area contributed by atoms with Crippen molar-refractivity contribution in [3.63, 3.8) is 0 Å². The molecule has 5 nitrogen and oxygen atoms in total. The Balaban J connectivity index is 2.63. The van der Waals surface area contributed by atoms with E-state index in [1.165, 1.54) is 6.21 Å². The van der Waals surface area contributed by atoms with Crippen LogP contribution in [0.3, 0.4) is 0 Å². The van der Waals surface area contributed by atoms with Gasteiger partial charge in [0.1, 0.15) is 6.04 Å². The molecule has 0 unspecified atom stereocenters. The molecule has 0 aromatic carbocycles. The Morgan fingerprint density at radius 1 is 1.80 bits per heavy atom. The number of nitrogens with zero attached hydrogens (tertiary/aromatic N) is 3. The molecular formula is C5H6N4O. The molecule has 1 N–H and O–H groups in total. The van der Waals surface area contributed by atoms with E-state index in [4.69, 9.17) is 5.41 Å². The summed E-state index contributed by atoms with van der Waals surface area (Å²) in [5.41, 5.74) is 0. The van der Waals surface area contributed by atoms with Gasteiger partial charge in [-0.2, -0.15) is 0 Å². The first-order chi connectivity index (χ1) is 4.84. The minimum absolute atomic E-state index is 0.292. The van der Waals surface area contributed by atoms with Crippen LogP contribution in [0, 0.1) is 10.3 Å². The molecule has 0 radical (unpaired) electrons. The van der Waals surface area contributed by atoms with Gasteiger partial charge in [0.2, 0.25) is 0 Å². The minimum atomic E-state index is -0.550. The summed E-state index contributed by atoms with van der Waals surface area (Å²) in [5, 5.41) is 9.39. The van der Waals surface area contributed by atoms with Gasteiger partial charge in [-0.3, -0.25) is 15.4 Å². The van der Waals surface area contributed by atoms with Crippen molar-refractivity contribution in [2.24, 2.45) is 15.2 Å². The second-order valence-electron chi connectivity index (χ2n) is 1.77. The lowest BCUT2D eigenvalue weighted by Gasteiger charge is -2.03. The van der Waals surface area contributed by atoms with Crippen molar-refractivity contribution < 1.29 is 0 Å². The Bertz CT molecular complexity index is 196. The van der Waals surface area contributed by atoms with Crippen molar-refractivity contribution in [3.8, 4) is 0 Å². The second-order valence-corrected chi connectivity index (χ2v) is 1.77. The van der Waals surface area contributed by atoms with Crippen molar-refractivity contribution in [3.05, 3.63) is 4.91 Å². The molecule has 52 valence electrons. The zero-order valence-electron chi connectivity index (χ0n) is 5.19. The first-order valence-corrected chi connectivity index (χ1v) is 2.78. The molecule has 0 saturated heterocycles. The van der Waals surface area contributed by atoms with Crippen LogP contribution in [-0.4, -0.2) is 30.9 Å². The average molecular weight is 138 g/mol. The van der Waals surface area contributed by atoms with Crippen LogP contribution >= 0.6 is 0 Å². The number of rotatable bonds is 1. The molecule has 1 aliphatic heterocycles. The van der Waals surface area contributed by atoms with Crippen LogP contribution in [0.25, 0.3) is 0 Å². The van der Waals surface area contributed by atoms with E-state index < -0.39 is 6.04 Å².